The molecule has 1 aromatic carbocycles. The van der Waals surface area contributed by atoms with Crippen LogP contribution >= 0.6 is 0 Å². The lowest BCUT2D eigenvalue weighted by Gasteiger charge is -2.07. The molecule has 102 valence electrons. The summed E-state index contributed by atoms with van der Waals surface area (Å²) in [6, 6.07) is 8.62. The summed E-state index contributed by atoms with van der Waals surface area (Å²) in [5.41, 5.74) is 2.59. The van der Waals surface area contributed by atoms with E-state index in [2.05, 4.69) is 43.4 Å². The Kier molecular flexibility index (Phi) is 8.37. The smallest absolute Gasteiger partial charge is 0.0342 e. The summed E-state index contributed by atoms with van der Waals surface area (Å²) in [7, 11) is 0. The van der Waals surface area contributed by atoms with Gasteiger partial charge in [-0.2, -0.15) is 0 Å². The lowest BCUT2D eigenvalue weighted by Crippen LogP contribution is -2.01. The van der Waals surface area contributed by atoms with Crippen molar-refractivity contribution in [3.63, 3.8) is 0 Å². The Balaban J connectivity index is 1.92. The van der Waals surface area contributed by atoms with Gasteiger partial charge in [-0.3, -0.25) is 0 Å². The van der Waals surface area contributed by atoms with E-state index in [1.807, 2.05) is 0 Å². The first kappa shape index (κ1) is 15.1. The summed E-state index contributed by atoms with van der Waals surface area (Å²) in [5.74, 6) is 0. The van der Waals surface area contributed by atoms with E-state index in [-0.39, 0.29) is 0 Å². The molecular weight excluding hydrogens is 218 g/mol. The zero-order valence-electron chi connectivity index (χ0n) is 12.2. The van der Waals surface area contributed by atoms with Gasteiger partial charge in [-0.1, -0.05) is 64.0 Å². The summed E-state index contributed by atoms with van der Waals surface area (Å²) in [6.45, 7) is 5.52. The van der Waals surface area contributed by atoms with Gasteiger partial charge in [0.1, 0.15) is 0 Å². The molecule has 0 saturated carbocycles. The van der Waals surface area contributed by atoms with Crippen LogP contribution in [0.4, 0.5) is 5.69 Å². The van der Waals surface area contributed by atoms with Crippen LogP contribution in [0.15, 0.2) is 24.3 Å². The van der Waals surface area contributed by atoms with Crippen molar-refractivity contribution in [2.24, 2.45) is 0 Å². The Hall–Kier alpha value is -0.980. The van der Waals surface area contributed by atoms with Gasteiger partial charge in [0.25, 0.3) is 0 Å². The fourth-order valence-electron chi connectivity index (χ4n) is 2.25. The lowest BCUT2D eigenvalue weighted by atomic mass is 10.1. The van der Waals surface area contributed by atoms with Crippen LogP contribution in [0.3, 0.4) is 0 Å². The summed E-state index contributed by atoms with van der Waals surface area (Å²) in [5, 5.41) is 3.50. The highest BCUT2D eigenvalue weighted by Gasteiger charge is 1.93. The van der Waals surface area contributed by atoms with Gasteiger partial charge in [0.05, 0.1) is 0 Å². The van der Waals surface area contributed by atoms with E-state index < -0.39 is 0 Å². The minimum absolute atomic E-state index is 1.11. The number of unbranched alkanes of at least 4 members (excludes halogenated alkanes) is 7. The molecule has 0 aliphatic rings. The molecule has 18 heavy (non-hydrogen) atoms. The molecule has 0 aliphatic heterocycles. The monoisotopic (exact) mass is 247 g/mol. The minimum Gasteiger partial charge on any atom is -0.385 e. The normalized spacial score (nSPS) is 10.6. The molecule has 0 heterocycles. The quantitative estimate of drug-likeness (QED) is 0.535. The molecule has 0 aromatic heterocycles. The third kappa shape index (κ3) is 7.37. The van der Waals surface area contributed by atoms with E-state index in [1.165, 1.54) is 62.6 Å². The van der Waals surface area contributed by atoms with E-state index >= 15 is 0 Å². The van der Waals surface area contributed by atoms with Gasteiger partial charge in [0.15, 0.2) is 0 Å². The summed E-state index contributed by atoms with van der Waals surface area (Å²) in [6.07, 6.45) is 11.1. The van der Waals surface area contributed by atoms with Crippen molar-refractivity contribution in [2.75, 3.05) is 11.9 Å². The first-order chi connectivity index (χ1) is 8.83. The van der Waals surface area contributed by atoms with Crippen LogP contribution in [0.1, 0.15) is 63.9 Å². The van der Waals surface area contributed by atoms with Crippen molar-refractivity contribution < 1.29 is 0 Å². The number of nitrogens with one attached hydrogen (secondary N) is 1. The molecule has 0 unspecified atom stereocenters. The van der Waals surface area contributed by atoms with E-state index in [4.69, 9.17) is 0 Å². The van der Waals surface area contributed by atoms with Crippen LogP contribution in [0.2, 0.25) is 0 Å². The molecule has 0 spiro atoms. The Morgan fingerprint density at radius 2 is 1.56 bits per heavy atom. The molecule has 1 N–H and O–H groups in total. The number of aryl methyl sites for hydroxylation is 1. The fourth-order valence-corrected chi connectivity index (χ4v) is 2.25. The highest BCUT2D eigenvalue weighted by atomic mass is 14.9. The molecule has 0 bridgehead atoms. The van der Waals surface area contributed by atoms with Crippen molar-refractivity contribution in [1.29, 1.82) is 0 Å². The summed E-state index contributed by atoms with van der Waals surface area (Å²) < 4.78 is 0. The number of benzene rings is 1. The molecule has 1 nitrogen and oxygen atoms in total. The molecular formula is C17H29N. The second-order valence-electron chi connectivity index (χ2n) is 5.27. The predicted molar refractivity (Wildman–Crippen MR) is 82.3 cm³/mol. The van der Waals surface area contributed by atoms with Crippen molar-refractivity contribution in [3.05, 3.63) is 29.8 Å². The number of rotatable bonds is 10. The summed E-state index contributed by atoms with van der Waals surface area (Å²) in [4.78, 5) is 0. The average molecular weight is 247 g/mol. The molecule has 1 aromatic rings. The van der Waals surface area contributed by atoms with Gasteiger partial charge in [-0.15, -0.1) is 0 Å². The minimum atomic E-state index is 1.11. The van der Waals surface area contributed by atoms with Crippen LogP contribution in [-0.2, 0) is 0 Å². The molecule has 0 atom stereocenters. The SMILES string of the molecule is CCCCCCCCCCNc1cccc(C)c1. The highest BCUT2D eigenvalue weighted by molar-refractivity contribution is 5.45. The summed E-state index contributed by atoms with van der Waals surface area (Å²) >= 11 is 0. The number of hydrogen-bond donors (Lipinski definition) is 1. The van der Waals surface area contributed by atoms with Crippen LogP contribution in [-0.4, -0.2) is 6.54 Å². The van der Waals surface area contributed by atoms with Crippen molar-refractivity contribution in [2.45, 2.75) is 65.2 Å². The fraction of sp³-hybridized carbons (Fsp3) is 0.647. The lowest BCUT2D eigenvalue weighted by molar-refractivity contribution is 0.581. The van der Waals surface area contributed by atoms with Crippen LogP contribution in [0.5, 0.6) is 0 Å². The third-order valence-corrected chi connectivity index (χ3v) is 3.38. The average Bonchev–Trinajstić information content (AvgIpc) is 2.37. The second-order valence-corrected chi connectivity index (χ2v) is 5.27. The van der Waals surface area contributed by atoms with Crippen molar-refractivity contribution in [3.8, 4) is 0 Å². The first-order valence-electron chi connectivity index (χ1n) is 7.63. The highest BCUT2D eigenvalue weighted by Crippen LogP contribution is 2.11. The van der Waals surface area contributed by atoms with Gasteiger partial charge < -0.3 is 5.32 Å². The van der Waals surface area contributed by atoms with Crippen molar-refractivity contribution in [1.82, 2.24) is 0 Å². The molecule has 0 radical (unpaired) electrons. The molecule has 0 amide bonds. The maximum atomic E-state index is 3.50. The van der Waals surface area contributed by atoms with E-state index in [1.54, 1.807) is 0 Å². The van der Waals surface area contributed by atoms with Crippen LogP contribution < -0.4 is 5.32 Å². The van der Waals surface area contributed by atoms with Crippen LogP contribution in [0.25, 0.3) is 0 Å². The number of anilines is 1. The topological polar surface area (TPSA) is 12.0 Å². The maximum absolute atomic E-state index is 3.50. The standard InChI is InChI=1S/C17H29N/c1-3-4-5-6-7-8-9-10-14-18-17-13-11-12-16(2)15-17/h11-13,15,18H,3-10,14H2,1-2H3. The molecule has 0 saturated heterocycles. The van der Waals surface area contributed by atoms with Gasteiger partial charge >= 0.3 is 0 Å². The molecule has 0 aliphatic carbocycles. The zero-order chi connectivity index (χ0) is 13.1. The van der Waals surface area contributed by atoms with Gasteiger partial charge in [-0.05, 0) is 31.0 Å². The van der Waals surface area contributed by atoms with Crippen molar-refractivity contribution >= 4 is 5.69 Å². The maximum Gasteiger partial charge on any atom is 0.0342 e. The van der Waals surface area contributed by atoms with Gasteiger partial charge in [0.2, 0.25) is 0 Å². The van der Waals surface area contributed by atoms with E-state index in [0.717, 1.165) is 6.54 Å². The number of hydrogen-bond acceptors (Lipinski definition) is 1. The molecule has 1 rings (SSSR count). The van der Waals surface area contributed by atoms with Crippen LogP contribution in [0, 0.1) is 6.92 Å². The van der Waals surface area contributed by atoms with E-state index in [0.29, 0.717) is 0 Å². The second kappa shape index (κ2) is 9.99. The van der Waals surface area contributed by atoms with Gasteiger partial charge in [-0.25, -0.2) is 0 Å². The molecule has 0 fully saturated rings. The first-order valence-corrected chi connectivity index (χ1v) is 7.63. The largest absolute Gasteiger partial charge is 0.385 e. The Labute approximate surface area is 113 Å². The van der Waals surface area contributed by atoms with Gasteiger partial charge in [0, 0.05) is 12.2 Å². The van der Waals surface area contributed by atoms with E-state index in [9.17, 15) is 0 Å². The third-order valence-electron chi connectivity index (χ3n) is 3.38. The Morgan fingerprint density at radius 3 is 2.22 bits per heavy atom. The zero-order valence-corrected chi connectivity index (χ0v) is 12.2. The predicted octanol–water partition coefficient (Wildman–Crippen LogP) is 5.55. The molecule has 1 heteroatoms. The Bertz CT molecular complexity index is 306. The Morgan fingerprint density at radius 1 is 0.889 bits per heavy atom.